The van der Waals surface area contributed by atoms with Crippen LogP contribution < -0.4 is 4.74 Å². The van der Waals surface area contributed by atoms with Gasteiger partial charge in [0.25, 0.3) is 0 Å². The second-order valence-corrected chi connectivity index (χ2v) is 8.72. The lowest BCUT2D eigenvalue weighted by atomic mass is 10.1. The minimum absolute atomic E-state index is 0.310. The Morgan fingerprint density at radius 1 is 1.09 bits per heavy atom. The van der Waals surface area contributed by atoms with Crippen molar-refractivity contribution < 1.29 is 27.4 Å². The molecule has 0 spiro atoms. The van der Waals surface area contributed by atoms with Crippen LogP contribution in [0.5, 0.6) is 5.75 Å². The number of carbonyl (C=O) groups is 1. The first-order valence-corrected chi connectivity index (χ1v) is 10.9. The van der Waals surface area contributed by atoms with Crippen LogP contribution in [0.25, 0.3) is 17.1 Å². The Kier molecular flexibility index (Phi) is 7.83. The van der Waals surface area contributed by atoms with Crippen LogP contribution >= 0.6 is 0 Å². The highest BCUT2D eigenvalue weighted by atomic mass is 19.4. The van der Waals surface area contributed by atoms with Gasteiger partial charge in [-0.2, -0.15) is 0 Å². The molecule has 3 rings (SSSR count). The lowest BCUT2D eigenvalue weighted by Crippen LogP contribution is -2.38. The minimum atomic E-state index is -4.74. The van der Waals surface area contributed by atoms with Gasteiger partial charge in [-0.25, -0.2) is 14.5 Å². The number of carbonyl (C=O) groups excluding carboxylic acids is 1. The highest BCUT2D eigenvalue weighted by Gasteiger charge is 2.31. The van der Waals surface area contributed by atoms with Gasteiger partial charge < -0.3 is 14.4 Å². The summed E-state index contributed by atoms with van der Waals surface area (Å²) in [5.74, 6) is 0.157. The largest absolute Gasteiger partial charge is 0.573 e. The van der Waals surface area contributed by atoms with Crippen LogP contribution in [0, 0.1) is 0 Å². The van der Waals surface area contributed by atoms with Gasteiger partial charge in [-0.3, -0.25) is 0 Å². The first kappa shape index (κ1) is 25.8. The summed E-state index contributed by atoms with van der Waals surface area (Å²) in [7, 11) is 0. The van der Waals surface area contributed by atoms with Gasteiger partial charge in [-0.1, -0.05) is 30.3 Å². The molecule has 0 saturated heterocycles. The minimum Gasteiger partial charge on any atom is -0.444 e. The van der Waals surface area contributed by atoms with Crippen molar-refractivity contribution in [3.63, 3.8) is 0 Å². The molecular weight excluding hydrogens is 461 g/mol. The molecule has 35 heavy (non-hydrogen) atoms. The molecule has 0 aliphatic heterocycles. The molecule has 0 fully saturated rings. The third-order valence-electron chi connectivity index (χ3n) is 4.71. The van der Waals surface area contributed by atoms with E-state index in [1.165, 1.54) is 35.3 Å². The van der Waals surface area contributed by atoms with Crippen molar-refractivity contribution in [2.24, 2.45) is 0 Å². The van der Waals surface area contributed by atoms with E-state index in [0.29, 0.717) is 31.0 Å². The van der Waals surface area contributed by atoms with Crippen molar-refractivity contribution in [3.05, 3.63) is 73.1 Å². The summed E-state index contributed by atoms with van der Waals surface area (Å²) in [4.78, 5) is 18.3. The zero-order valence-corrected chi connectivity index (χ0v) is 19.7. The predicted molar refractivity (Wildman–Crippen MR) is 125 cm³/mol. The van der Waals surface area contributed by atoms with Gasteiger partial charge >= 0.3 is 12.5 Å². The molecule has 7 nitrogen and oxygen atoms in total. The van der Waals surface area contributed by atoms with E-state index in [2.05, 4.69) is 21.4 Å². The Hall–Kier alpha value is -3.82. The van der Waals surface area contributed by atoms with Crippen LogP contribution in [-0.2, 0) is 11.2 Å². The molecule has 0 aliphatic rings. The van der Waals surface area contributed by atoms with Crippen LogP contribution in [0.1, 0.15) is 26.3 Å². The topological polar surface area (TPSA) is 69.5 Å². The van der Waals surface area contributed by atoms with Gasteiger partial charge in [0.05, 0.1) is 5.69 Å². The second-order valence-electron chi connectivity index (χ2n) is 8.72. The molecule has 3 aromatic rings. The number of hydrogen-bond acceptors (Lipinski definition) is 5. The summed E-state index contributed by atoms with van der Waals surface area (Å²) in [5, 5.41) is 4.40. The Morgan fingerprint density at radius 2 is 1.74 bits per heavy atom. The summed E-state index contributed by atoms with van der Waals surface area (Å²) in [5.41, 5.74) is 1.76. The molecule has 0 atom stereocenters. The quantitative estimate of drug-likeness (QED) is 0.375. The zero-order valence-electron chi connectivity index (χ0n) is 19.7. The van der Waals surface area contributed by atoms with Crippen molar-refractivity contribution in [3.8, 4) is 22.8 Å². The average molecular weight is 489 g/mol. The van der Waals surface area contributed by atoms with Crippen molar-refractivity contribution in [2.75, 3.05) is 13.1 Å². The van der Waals surface area contributed by atoms with E-state index in [9.17, 15) is 18.0 Å². The molecule has 0 N–H and O–H groups in total. The summed E-state index contributed by atoms with van der Waals surface area (Å²) >= 11 is 0. The average Bonchev–Trinajstić information content (AvgIpc) is 3.25. The van der Waals surface area contributed by atoms with Gasteiger partial charge in [-0.15, -0.1) is 24.8 Å². The number of alkyl halides is 3. The highest BCUT2D eigenvalue weighted by Crippen LogP contribution is 2.24. The number of ether oxygens (including phenoxy) is 2. The van der Waals surface area contributed by atoms with Crippen molar-refractivity contribution in [2.45, 2.75) is 39.2 Å². The van der Waals surface area contributed by atoms with Gasteiger partial charge in [-0.05, 0) is 57.0 Å². The molecule has 0 bridgehead atoms. The third-order valence-corrected chi connectivity index (χ3v) is 4.71. The highest BCUT2D eigenvalue weighted by molar-refractivity contribution is 5.68. The predicted octanol–water partition coefficient (Wildman–Crippen LogP) is 5.80. The van der Waals surface area contributed by atoms with Crippen LogP contribution in [0.2, 0.25) is 0 Å². The maximum Gasteiger partial charge on any atom is 0.573 e. The van der Waals surface area contributed by atoms with Crippen LogP contribution in [0.15, 0.2) is 67.5 Å². The molecule has 1 amide bonds. The van der Waals surface area contributed by atoms with Crippen molar-refractivity contribution in [1.29, 1.82) is 0 Å². The lowest BCUT2D eigenvalue weighted by molar-refractivity contribution is -0.274. The molecule has 1 aromatic heterocycles. The molecule has 2 aromatic carbocycles. The summed E-state index contributed by atoms with van der Waals surface area (Å²) in [6, 6.07) is 13.0. The van der Waals surface area contributed by atoms with E-state index in [1.54, 1.807) is 11.0 Å². The van der Waals surface area contributed by atoms with E-state index >= 15 is 0 Å². The van der Waals surface area contributed by atoms with E-state index in [-0.39, 0.29) is 11.8 Å². The number of amides is 1. The Balaban J connectivity index is 1.63. The molecule has 10 heteroatoms. The summed E-state index contributed by atoms with van der Waals surface area (Å²) < 4.78 is 47.8. The van der Waals surface area contributed by atoms with Crippen molar-refractivity contribution in [1.82, 2.24) is 19.7 Å². The van der Waals surface area contributed by atoms with Crippen LogP contribution in [0.3, 0.4) is 0 Å². The zero-order chi connectivity index (χ0) is 25.6. The fourth-order valence-corrected chi connectivity index (χ4v) is 3.14. The maximum atomic E-state index is 12.4. The first-order valence-electron chi connectivity index (χ1n) is 10.9. The number of aromatic nitrogens is 3. The maximum absolute atomic E-state index is 12.4. The molecule has 0 saturated carbocycles. The second kappa shape index (κ2) is 10.6. The molecular formula is C25H27F3N4O3. The molecule has 1 heterocycles. The normalized spacial score (nSPS) is 11.7. The SMILES string of the molecule is C=CCN(CCc1ccc(-c2ncn(-c3ccc(OC(F)(F)F)cc3)n2)cc1)C(=O)OC(C)(C)C. The van der Waals surface area contributed by atoms with Gasteiger partial charge in [0.1, 0.15) is 17.7 Å². The van der Waals surface area contributed by atoms with E-state index in [0.717, 1.165) is 11.1 Å². The number of rotatable bonds is 8. The van der Waals surface area contributed by atoms with Crippen LogP contribution in [0.4, 0.5) is 18.0 Å². The fourth-order valence-electron chi connectivity index (χ4n) is 3.14. The van der Waals surface area contributed by atoms with E-state index in [1.807, 2.05) is 45.0 Å². The standard InChI is InChI=1S/C25H27F3N4O3/c1-5-15-31(23(33)35-24(2,3)4)16-14-18-6-8-19(9-7-18)22-29-17-32(30-22)20-10-12-21(13-11-20)34-25(26,27)28/h5-13,17H,1,14-16H2,2-4H3. The Bertz CT molecular complexity index is 1130. The molecule has 186 valence electrons. The monoisotopic (exact) mass is 488 g/mol. The summed E-state index contributed by atoms with van der Waals surface area (Å²) in [6.07, 6.45) is -1.36. The molecule has 0 aliphatic carbocycles. The van der Waals surface area contributed by atoms with Crippen molar-refractivity contribution >= 4 is 6.09 Å². The fraction of sp³-hybridized carbons (Fsp3) is 0.320. The first-order chi connectivity index (χ1) is 16.4. The van der Waals surface area contributed by atoms with E-state index < -0.39 is 12.0 Å². The number of halogens is 3. The molecule has 0 unspecified atom stereocenters. The smallest absolute Gasteiger partial charge is 0.444 e. The molecule has 0 radical (unpaired) electrons. The van der Waals surface area contributed by atoms with Gasteiger partial charge in [0, 0.05) is 18.7 Å². The van der Waals surface area contributed by atoms with E-state index in [4.69, 9.17) is 4.74 Å². The number of nitrogens with zero attached hydrogens (tertiary/aromatic N) is 4. The Labute approximate surface area is 201 Å². The number of hydrogen-bond donors (Lipinski definition) is 0. The van der Waals surface area contributed by atoms with Crippen LogP contribution in [-0.4, -0.2) is 50.8 Å². The van der Waals surface area contributed by atoms with Gasteiger partial charge in [0.2, 0.25) is 0 Å². The summed E-state index contributed by atoms with van der Waals surface area (Å²) in [6.45, 7) is 10.0. The van der Waals surface area contributed by atoms with Gasteiger partial charge in [0.15, 0.2) is 5.82 Å². The Morgan fingerprint density at radius 3 is 2.31 bits per heavy atom. The number of benzene rings is 2. The third kappa shape index (κ3) is 7.87. The lowest BCUT2D eigenvalue weighted by Gasteiger charge is -2.26.